The number of rotatable bonds is 4. The Labute approximate surface area is 166 Å². The lowest BCUT2D eigenvalue weighted by molar-refractivity contribution is 0.102. The normalized spacial score (nSPS) is 14.0. The van der Waals surface area contributed by atoms with Crippen LogP contribution in [-0.4, -0.2) is 47.0 Å². The molecule has 0 saturated carbocycles. The van der Waals surface area contributed by atoms with Crippen molar-refractivity contribution in [1.82, 2.24) is 15.0 Å². The first-order valence-electron chi connectivity index (χ1n) is 9.09. The van der Waals surface area contributed by atoms with Gasteiger partial charge in [0.1, 0.15) is 5.82 Å². The van der Waals surface area contributed by atoms with E-state index >= 15 is 0 Å². The zero-order valence-corrected chi connectivity index (χ0v) is 15.4. The number of piperazine rings is 1. The molecule has 1 aromatic carbocycles. The predicted octanol–water partition coefficient (Wildman–Crippen LogP) is 2.73. The van der Waals surface area contributed by atoms with E-state index in [1.165, 1.54) is 18.5 Å². The monoisotopic (exact) mass is 396 g/mol. The number of aromatic nitrogens is 3. The van der Waals surface area contributed by atoms with Crippen LogP contribution in [0.15, 0.2) is 55.0 Å². The SMILES string of the molecule is O=C(Nc1cnc(N2CCN(c3ccccn3)CC2)nc1)c1ccc(F)c(F)c1. The topological polar surface area (TPSA) is 74.2 Å². The van der Waals surface area contributed by atoms with Crippen LogP contribution in [0.2, 0.25) is 0 Å². The number of carbonyl (C=O) groups is 1. The van der Waals surface area contributed by atoms with E-state index in [2.05, 4.69) is 30.1 Å². The summed E-state index contributed by atoms with van der Waals surface area (Å²) in [6.07, 6.45) is 4.76. The first-order valence-corrected chi connectivity index (χ1v) is 9.09. The predicted molar refractivity (Wildman–Crippen MR) is 105 cm³/mol. The summed E-state index contributed by atoms with van der Waals surface area (Å²) < 4.78 is 26.3. The number of hydrogen-bond donors (Lipinski definition) is 1. The molecule has 0 aliphatic carbocycles. The summed E-state index contributed by atoms with van der Waals surface area (Å²) in [5.41, 5.74) is 0.384. The Balaban J connectivity index is 1.36. The van der Waals surface area contributed by atoms with Gasteiger partial charge in [-0.05, 0) is 30.3 Å². The zero-order valence-electron chi connectivity index (χ0n) is 15.4. The number of carbonyl (C=O) groups excluding carboxylic acids is 1. The van der Waals surface area contributed by atoms with Crippen LogP contribution in [0.1, 0.15) is 10.4 Å². The van der Waals surface area contributed by atoms with Gasteiger partial charge in [0.2, 0.25) is 5.95 Å². The quantitative estimate of drug-likeness (QED) is 0.731. The third kappa shape index (κ3) is 4.29. The summed E-state index contributed by atoms with van der Waals surface area (Å²) in [5.74, 6) is -1.13. The second kappa shape index (κ2) is 8.17. The van der Waals surface area contributed by atoms with E-state index in [0.29, 0.717) is 11.6 Å². The van der Waals surface area contributed by atoms with Crippen molar-refractivity contribution in [3.63, 3.8) is 0 Å². The molecule has 3 aromatic rings. The molecule has 0 spiro atoms. The summed E-state index contributed by atoms with van der Waals surface area (Å²) in [7, 11) is 0. The lowest BCUT2D eigenvalue weighted by Crippen LogP contribution is -2.47. The van der Waals surface area contributed by atoms with Crippen LogP contribution in [0.4, 0.5) is 26.2 Å². The van der Waals surface area contributed by atoms with E-state index in [0.717, 1.165) is 44.1 Å². The molecule has 1 aliphatic rings. The van der Waals surface area contributed by atoms with Gasteiger partial charge in [-0.1, -0.05) is 6.07 Å². The van der Waals surface area contributed by atoms with Crippen LogP contribution in [0.25, 0.3) is 0 Å². The molecule has 0 bridgehead atoms. The molecule has 1 saturated heterocycles. The Morgan fingerprint density at radius 1 is 0.897 bits per heavy atom. The van der Waals surface area contributed by atoms with Crippen molar-refractivity contribution in [2.45, 2.75) is 0 Å². The van der Waals surface area contributed by atoms with Gasteiger partial charge in [-0.25, -0.2) is 23.7 Å². The fraction of sp³-hybridized carbons (Fsp3) is 0.200. The molecule has 1 aliphatic heterocycles. The largest absolute Gasteiger partial charge is 0.353 e. The van der Waals surface area contributed by atoms with Gasteiger partial charge in [0.25, 0.3) is 5.91 Å². The first kappa shape index (κ1) is 18.7. The smallest absolute Gasteiger partial charge is 0.255 e. The molecular weight excluding hydrogens is 378 g/mol. The molecule has 2 aromatic heterocycles. The maximum Gasteiger partial charge on any atom is 0.255 e. The molecule has 9 heteroatoms. The summed E-state index contributed by atoms with van der Waals surface area (Å²) in [5, 5.41) is 2.58. The molecule has 7 nitrogen and oxygen atoms in total. The van der Waals surface area contributed by atoms with Gasteiger partial charge < -0.3 is 15.1 Å². The number of pyridine rings is 1. The van der Waals surface area contributed by atoms with E-state index in [1.807, 2.05) is 18.2 Å². The Morgan fingerprint density at radius 3 is 2.28 bits per heavy atom. The third-order valence-electron chi connectivity index (χ3n) is 4.61. The van der Waals surface area contributed by atoms with Crippen LogP contribution in [0.5, 0.6) is 0 Å². The molecule has 3 heterocycles. The lowest BCUT2D eigenvalue weighted by Gasteiger charge is -2.35. The maximum atomic E-state index is 13.3. The third-order valence-corrected chi connectivity index (χ3v) is 4.61. The van der Waals surface area contributed by atoms with Crippen molar-refractivity contribution in [3.05, 3.63) is 72.2 Å². The highest BCUT2D eigenvalue weighted by Gasteiger charge is 2.20. The van der Waals surface area contributed by atoms with Crippen LogP contribution in [-0.2, 0) is 0 Å². The minimum absolute atomic E-state index is 0.0126. The number of nitrogens with one attached hydrogen (secondary N) is 1. The standard InChI is InChI=1S/C20H18F2N6O/c21-16-5-4-14(11-17(16)22)19(29)26-15-12-24-20(25-13-15)28-9-7-27(8-10-28)18-3-1-2-6-23-18/h1-6,11-13H,7-10H2,(H,26,29). The second-order valence-corrected chi connectivity index (χ2v) is 6.52. The Hall–Kier alpha value is -3.62. The number of benzene rings is 1. The molecule has 0 atom stereocenters. The number of anilines is 3. The second-order valence-electron chi connectivity index (χ2n) is 6.52. The first-order chi connectivity index (χ1) is 14.1. The van der Waals surface area contributed by atoms with Crippen LogP contribution in [0, 0.1) is 11.6 Å². The number of nitrogens with zero attached hydrogens (tertiary/aromatic N) is 5. The maximum absolute atomic E-state index is 13.3. The molecular formula is C20H18F2N6O. The van der Waals surface area contributed by atoms with Gasteiger partial charge in [-0.3, -0.25) is 4.79 Å². The van der Waals surface area contributed by atoms with Gasteiger partial charge in [-0.15, -0.1) is 0 Å². The molecule has 148 valence electrons. The average molecular weight is 396 g/mol. The Morgan fingerprint density at radius 2 is 1.62 bits per heavy atom. The van der Waals surface area contributed by atoms with E-state index in [-0.39, 0.29) is 5.56 Å². The molecule has 0 radical (unpaired) electrons. The van der Waals surface area contributed by atoms with Crippen LogP contribution < -0.4 is 15.1 Å². The van der Waals surface area contributed by atoms with Crippen molar-refractivity contribution in [2.75, 3.05) is 41.3 Å². The minimum Gasteiger partial charge on any atom is -0.353 e. The lowest BCUT2D eigenvalue weighted by atomic mass is 10.2. The fourth-order valence-electron chi connectivity index (χ4n) is 3.07. The molecule has 1 amide bonds. The van der Waals surface area contributed by atoms with Crippen molar-refractivity contribution < 1.29 is 13.6 Å². The van der Waals surface area contributed by atoms with Crippen molar-refractivity contribution in [1.29, 1.82) is 0 Å². The van der Waals surface area contributed by atoms with Crippen LogP contribution in [0.3, 0.4) is 0 Å². The molecule has 4 rings (SSSR count). The summed E-state index contributed by atoms with van der Waals surface area (Å²) in [6, 6.07) is 8.81. The molecule has 1 N–H and O–H groups in total. The fourth-order valence-corrected chi connectivity index (χ4v) is 3.07. The molecule has 1 fully saturated rings. The van der Waals surface area contributed by atoms with E-state index < -0.39 is 17.5 Å². The van der Waals surface area contributed by atoms with Gasteiger partial charge in [-0.2, -0.15) is 0 Å². The average Bonchev–Trinajstić information content (AvgIpc) is 2.77. The highest BCUT2D eigenvalue weighted by molar-refractivity contribution is 6.04. The summed E-state index contributed by atoms with van der Waals surface area (Å²) >= 11 is 0. The van der Waals surface area contributed by atoms with Crippen LogP contribution >= 0.6 is 0 Å². The Bertz CT molecular complexity index is 992. The number of halogens is 2. The summed E-state index contributed by atoms with van der Waals surface area (Å²) in [6.45, 7) is 3.10. The molecule has 29 heavy (non-hydrogen) atoms. The van der Waals surface area contributed by atoms with Gasteiger partial charge >= 0.3 is 0 Å². The van der Waals surface area contributed by atoms with E-state index in [1.54, 1.807) is 6.20 Å². The molecule has 0 unspecified atom stereocenters. The van der Waals surface area contributed by atoms with Crippen molar-refractivity contribution >= 4 is 23.4 Å². The van der Waals surface area contributed by atoms with E-state index in [4.69, 9.17) is 0 Å². The zero-order chi connectivity index (χ0) is 20.2. The van der Waals surface area contributed by atoms with Crippen molar-refractivity contribution in [2.24, 2.45) is 0 Å². The van der Waals surface area contributed by atoms with E-state index in [9.17, 15) is 13.6 Å². The number of hydrogen-bond acceptors (Lipinski definition) is 6. The Kier molecular flexibility index (Phi) is 5.28. The summed E-state index contributed by atoms with van der Waals surface area (Å²) in [4.78, 5) is 29.4. The highest BCUT2D eigenvalue weighted by atomic mass is 19.2. The van der Waals surface area contributed by atoms with Gasteiger partial charge in [0.05, 0.1) is 18.1 Å². The minimum atomic E-state index is -1.07. The van der Waals surface area contributed by atoms with Crippen molar-refractivity contribution in [3.8, 4) is 0 Å². The number of amides is 1. The van der Waals surface area contributed by atoms with Gasteiger partial charge in [0, 0.05) is 37.9 Å². The van der Waals surface area contributed by atoms with Gasteiger partial charge in [0.15, 0.2) is 11.6 Å². The highest BCUT2D eigenvalue weighted by Crippen LogP contribution is 2.17.